The Kier molecular flexibility index (Phi) is 7.83. The number of thiazole rings is 1. The van der Waals surface area contributed by atoms with Gasteiger partial charge in [0.2, 0.25) is 12.1 Å². The van der Waals surface area contributed by atoms with Crippen molar-refractivity contribution in [2.45, 2.75) is 31.0 Å². The Bertz CT molecular complexity index is 1640. The van der Waals surface area contributed by atoms with Gasteiger partial charge in [-0.05, 0) is 6.92 Å². The van der Waals surface area contributed by atoms with Crippen molar-refractivity contribution < 1.29 is 33.7 Å². The first-order chi connectivity index (χ1) is 19.6. The summed E-state index contributed by atoms with van der Waals surface area (Å²) in [6, 6.07) is 0.852. The van der Waals surface area contributed by atoms with E-state index in [0.29, 0.717) is 24.5 Å². The topological polar surface area (TPSA) is 209 Å². The molecule has 0 spiro atoms. The summed E-state index contributed by atoms with van der Waals surface area (Å²) in [4.78, 5) is 67.5. The van der Waals surface area contributed by atoms with E-state index in [1.165, 1.54) is 23.6 Å². The van der Waals surface area contributed by atoms with Gasteiger partial charge in [0.1, 0.15) is 32.5 Å². The highest BCUT2D eigenvalue weighted by atomic mass is 35.5. The highest BCUT2D eigenvalue weighted by Gasteiger charge is 2.53. The van der Waals surface area contributed by atoms with Crippen molar-refractivity contribution in [2.24, 2.45) is 5.16 Å². The lowest BCUT2D eigenvalue weighted by Crippen LogP contribution is -2.70. The highest BCUT2D eigenvalue weighted by Crippen LogP contribution is 2.39. The number of hydrogen-bond acceptors (Lipinski definition) is 12. The van der Waals surface area contributed by atoms with Crippen LogP contribution in [-0.4, -0.2) is 85.1 Å². The first-order valence-electron chi connectivity index (χ1n) is 12.0. The maximum absolute atomic E-state index is 13.2. The van der Waals surface area contributed by atoms with Crippen molar-refractivity contribution in [2.75, 3.05) is 23.9 Å². The molecule has 5 heterocycles. The fourth-order valence-corrected chi connectivity index (χ4v) is 6.48. The predicted octanol–water partition coefficient (Wildman–Crippen LogP) is 0.331. The molecule has 0 aromatic carbocycles. The number of nitrogens with two attached hydrogens (primary N) is 1. The van der Waals surface area contributed by atoms with Crippen LogP contribution in [0.4, 0.5) is 11.1 Å². The summed E-state index contributed by atoms with van der Waals surface area (Å²) in [6.07, 6.45) is 2.96. The lowest BCUT2D eigenvalue weighted by atomic mass is 10.0. The van der Waals surface area contributed by atoms with Gasteiger partial charge >= 0.3 is 5.97 Å². The van der Waals surface area contributed by atoms with Crippen molar-refractivity contribution in [3.63, 3.8) is 0 Å². The second kappa shape index (κ2) is 11.3. The number of nitrogen functional groups attached to an aromatic ring is 1. The van der Waals surface area contributed by atoms with E-state index in [-0.39, 0.29) is 20.9 Å². The number of carbonyl (C=O) groups excluding carboxylic acids is 3. The number of aromatic nitrogens is 4. The molecule has 2 aliphatic rings. The Morgan fingerprint density at radius 2 is 2.24 bits per heavy atom. The Morgan fingerprint density at radius 1 is 1.46 bits per heavy atom. The number of carboxylic acid groups (broad SMARTS) is 1. The molecule has 2 unspecified atom stereocenters. The predicted molar refractivity (Wildman–Crippen MR) is 150 cm³/mol. The molecular formula is C23H23ClN9O6S2+. The van der Waals surface area contributed by atoms with Gasteiger partial charge in [-0.1, -0.05) is 28.1 Å². The molecule has 0 bridgehead atoms. The fourth-order valence-electron chi connectivity index (χ4n) is 4.20. The van der Waals surface area contributed by atoms with Crippen molar-refractivity contribution in [1.29, 1.82) is 0 Å². The van der Waals surface area contributed by atoms with Crippen LogP contribution in [0.25, 0.3) is 11.0 Å². The molecule has 18 heteroatoms. The van der Waals surface area contributed by atoms with E-state index in [1.807, 2.05) is 23.0 Å². The zero-order chi connectivity index (χ0) is 29.4. The molecule has 214 valence electrons. The van der Waals surface area contributed by atoms with Gasteiger partial charge in [0.05, 0.1) is 5.70 Å². The molecule has 1 fully saturated rings. The largest absolute Gasteiger partial charge is 0.478 e. The van der Waals surface area contributed by atoms with Crippen LogP contribution in [0.3, 0.4) is 0 Å². The van der Waals surface area contributed by atoms with E-state index >= 15 is 0 Å². The van der Waals surface area contributed by atoms with Crippen molar-refractivity contribution in [3.05, 3.63) is 39.8 Å². The molecule has 0 aliphatic carbocycles. The SMILES string of the molecule is CNc1nc2cc[n+](CC3=C(C=O)N4C(=O)C(NC(=O)/C(=N\O[C@@H](C)C(=O)O)c5nc(N)sc5Cl)C4SC3)cc2[nH]1. The van der Waals surface area contributed by atoms with Gasteiger partial charge in [-0.2, -0.15) is 4.57 Å². The van der Waals surface area contributed by atoms with Gasteiger partial charge in [-0.15, -0.1) is 11.8 Å². The Labute approximate surface area is 244 Å². The van der Waals surface area contributed by atoms with Crippen LogP contribution in [-0.2, 0) is 30.6 Å². The van der Waals surface area contributed by atoms with E-state index in [0.717, 1.165) is 27.9 Å². The molecule has 0 radical (unpaired) electrons. The molecule has 3 atom stereocenters. The van der Waals surface area contributed by atoms with E-state index in [9.17, 15) is 19.2 Å². The first-order valence-corrected chi connectivity index (χ1v) is 14.2. The minimum Gasteiger partial charge on any atom is -0.478 e. The third kappa shape index (κ3) is 5.42. The lowest BCUT2D eigenvalue weighted by molar-refractivity contribution is -0.687. The number of imidazole rings is 1. The van der Waals surface area contributed by atoms with Crippen LogP contribution < -0.4 is 20.9 Å². The number of rotatable bonds is 10. The third-order valence-electron chi connectivity index (χ3n) is 6.27. The van der Waals surface area contributed by atoms with E-state index in [2.05, 4.69) is 30.7 Å². The van der Waals surface area contributed by atoms with Crippen LogP contribution in [0, 0.1) is 0 Å². The van der Waals surface area contributed by atoms with Crippen LogP contribution in [0.5, 0.6) is 0 Å². The Balaban J connectivity index is 1.34. The number of carboxylic acids is 1. The maximum atomic E-state index is 13.2. The third-order valence-corrected chi connectivity index (χ3v) is 8.70. The van der Waals surface area contributed by atoms with Crippen LogP contribution >= 0.6 is 34.7 Å². The Hall–Kier alpha value is -4.22. The standard InChI is InChI=1S/C23H22ClN9O6S2/c1-9(21(37)38)39-31-15(14-17(24)41-22(25)30-14)18(35)29-16-19(36)33-13(7-34)10(8-40-20(16)33)5-32-4-3-11-12(6-32)28-23(26-2)27-11/h3-4,6-7,9,16,20H,5,8H2,1-2H3,(H5,25,26,28,29,30,35,37,38)/p+1/b31-15-/t9-,16?,20?/m0/s1. The number of halogens is 1. The van der Waals surface area contributed by atoms with Gasteiger partial charge in [-0.3, -0.25) is 19.3 Å². The van der Waals surface area contributed by atoms with Gasteiger partial charge in [0.25, 0.3) is 11.8 Å². The van der Waals surface area contributed by atoms with Gasteiger partial charge in [0.15, 0.2) is 36.1 Å². The number of aromatic amines is 1. The number of amides is 2. The summed E-state index contributed by atoms with van der Waals surface area (Å²) in [5, 5.41) is 17.8. The summed E-state index contributed by atoms with van der Waals surface area (Å²) in [7, 11) is 1.76. The van der Waals surface area contributed by atoms with Crippen molar-refractivity contribution in [3.8, 4) is 0 Å². The number of fused-ring (bicyclic) bond motifs is 2. The summed E-state index contributed by atoms with van der Waals surface area (Å²) in [5.74, 6) is -1.63. The second-order valence-corrected chi connectivity index (χ2v) is 11.7. The number of hydrogen-bond donors (Lipinski definition) is 5. The molecular weight excluding hydrogens is 598 g/mol. The number of aliphatic carboxylic acids is 1. The van der Waals surface area contributed by atoms with E-state index < -0.39 is 41.0 Å². The number of nitrogens with zero attached hydrogens (tertiary/aromatic N) is 5. The number of H-pyrrole nitrogens is 1. The summed E-state index contributed by atoms with van der Waals surface area (Å²) < 4.78 is 1.91. The smallest absolute Gasteiger partial charge is 0.347 e. The lowest BCUT2D eigenvalue weighted by Gasteiger charge is -2.49. The molecule has 1 saturated heterocycles. The molecule has 41 heavy (non-hydrogen) atoms. The molecule has 3 aromatic rings. The summed E-state index contributed by atoms with van der Waals surface area (Å²) in [5.41, 5.74) is 7.68. The molecule has 2 aliphatic heterocycles. The van der Waals surface area contributed by atoms with Crippen molar-refractivity contribution >= 4 is 86.6 Å². The van der Waals surface area contributed by atoms with Gasteiger partial charge < -0.3 is 31.3 Å². The average Bonchev–Trinajstić information content (AvgIpc) is 3.52. The zero-order valence-corrected chi connectivity index (χ0v) is 23.8. The van der Waals surface area contributed by atoms with Crippen LogP contribution in [0.1, 0.15) is 12.6 Å². The molecule has 15 nitrogen and oxygen atoms in total. The van der Waals surface area contributed by atoms with Crippen LogP contribution in [0.2, 0.25) is 4.34 Å². The minimum absolute atomic E-state index is 0.0281. The minimum atomic E-state index is -1.38. The van der Waals surface area contributed by atoms with Gasteiger partial charge in [0, 0.05) is 24.4 Å². The van der Waals surface area contributed by atoms with Crippen LogP contribution in [0.15, 0.2) is 34.9 Å². The fraction of sp³-hybridized carbons (Fsp3) is 0.304. The average molecular weight is 621 g/mol. The first kappa shape index (κ1) is 28.3. The molecule has 2 amide bonds. The molecule has 5 rings (SSSR count). The number of β-lactam (4-membered cyclic amide) rings is 1. The summed E-state index contributed by atoms with van der Waals surface area (Å²) >= 11 is 8.42. The van der Waals surface area contributed by atoms with E-state index in [4.69, 9.17) is 27.3 Å². The number of pyridine rings is 1. The zero-order valence-electron chi connectivity index (χ0n) is 21.5. The number of anilines is 2. The molecule has 0 saturated carbocycles. The highest BCUT2D eigenvalue weighted by molar-refractivity contribution is 8.00. The number of carbonyl (C=O) groups is 4. The normalized spacial score (nSPS) is 19.4. The van der Waals surface area contributed by atoms with E-state index in [1.54, 1.807) is 7.05 Å². The number of aldehydes is 1. The van der Waals surface area contributed by atoms with Gasteiger partial charge in [-0.25, -0.2) is 14.8 Å². The van der Waals surface area contributed by atoms with Crippen molar-refractivity contribution in [1.82, 2.24) is 25.2 Å². The quantitative estimate of drug-likeness (QED) is 0.0685. The molecule has 6 N–H and O–H groups in total. The summed E-state index contributed by atoms with van der Waals surface area (Å²) in [6.45, 7) is 1.58. The number of oxime groups is 1. The number of thioether (sulfide) groups is 1. The number of nitrogens with one attached hydrogen (secondary N) is 3. The monoisotopic (exact) mass is 620 g/mol. The second-order valence-electron chi connectivity index (χ2n) is 8.92. The molecule has 3 aromatic heterocycles. The maximum Gasteiger partial charge on any atom is 0.347 e. The Morgan fingerprint density at radius 3 is 2.90 bits per heavy atom. The number of allylic oxidation sites excluding steroid dienone is 1.